The Kier molecular flexibility index (Phi) is 15.2. The molecule has 47 heavy (non-hydrogen) atoms. The predicted molar refractivity (Wildman–Crippen MR) is 174 cm³/mol. The van der Waals surface area contributed by atoms with Gasteiger partial charge in [0.15, 0.2) is 18.4 Å². The fourth-order valence-electron chi connectivity index (χ4n) is 6.56. The molecule has 0 radical (unpaired) electrons. The summed E-state index contributed by atoms with van der Waals surface area (Å²) >= 11 is 0. The Labute approximate surface area is 279 Å². The van der Waals surface area contributed by atoms with Gasteiger partial charge in [-0.05, 0) is 59.2 Å². The summed E-state index contributed by atoms with van der Waals surface area (Å²) in [5.41, 5.74) is 0. The lowest BCUT2D eigenvalue weighted by Crippen LogP contribution is -2.57. The van der Waals surface area contributed by atoms with Crippen molar-refractivity contribution < 1.29 is 53.7 Å². The number of esters is 1. The van der Waals surface area contributed by atoms with Crippen molar-refractivity contribution in [1.29, 1.82) is 0 Å². The number of aliphatic hydroxyl groups is 4. The Morgan fingerprint density at radius 2 is 1.55 bits per heavy atom. The molecule has 3 aliphatic heterocycles. The average Bonchev–Trinajstić information content (AvgIpc) is 3.02. The molecule has 12 nitrogen and oxygen atoms in total. The number of carbonyl (C=O) groups excluding carboxylic acids is 2. The maximum absolute atomic E-state index is 13.1. The minimum Gasteiger partial charge on any atom is -0.459 e. The molecule has 0 spiro atoms. The lowest BCUT2D eigenvalue weighted by Gasteiger charge is -2.43. The van der Waals surface area contributed by atoms with Gasteiger partial charge in [0.05, 0.1) is 24.9 Å². The number of cyclic esters (lactones) is 1. The predicted octanol–water partition coefficient (Wildman–Crippen LogP) is 2.13. The molecule has 12 heteroatoms. The highest BCUT2D eigenvalue weighted by molar-refractivity contribution is 5.91. The summed E-state index contributed by atoms with van der Waals surface area (Å²) in [5.74, 6) is -1.87. The fourth-order valence-corrected chi connectivity index (χ4v) is 6.56. The van der Waals surface area contributed by atoms with E-state index in [-0.39, 0.29) is 42.3 Å². The van der Waals surface area contributed by atoms with Crippen LogP contribution in [0.2, 0.25) is 0 Å². The molecule has 0 aliphatic carbocycles. The zero-order valence-corrected chi connectivity index (χ0v) is 29.0. The molecule has 3 heterocycles. The zero-order chi connectivity index (χ0) is 35.0. The molecule has 0 amide bonds. The Morgan fingerprint density at radius 1 is 0.851 bits per heavy atom. The minimum absolute atomic E-state index is 0.0403. The first kappa shape index (κ1) is 39.4. The number of carbonyl (C=O) groups is 2. The van der Waals surface area contributed by atoms with Crippen LogP contribution in [-0.4, -0.2) is 125 Å². The van der Waals surface area contributed by atoms with Crippen LogP contribution in [-0.2, 0) is 33.3 Å². The Hall–Kier alpha value is -2.00. The molecule has 0 aromatic rings. The largest absolute Gasteiger partial charge is 0.459 e. The standard InChI is InChI=1S/C35H57NO11/c1-9-27-24(18-43-34-32(42)31(41)29(39)23(6)45-34)12-10-11-13-26(37)20(3)16-21(4)33(19(2)14-15-28(38)46-27)47-35-30(40)25(36(7)8)17-22(5)44-35/h10-15,19-25,27,29-35,39-42H,9,16-18H2,1-8H3/b12-10+,13-11+,15-14+/t19-,20+,21-,22?,23?,24+,25?,27+,29?,30?,31?,32?,33+,34?,35?/m0/s1. The van der Waals surface area contributed by atoms with Crippen molar-refractivity contribution in [3.63, 3.8) is 0 Å². The van der Waals surface area contributed by atoms with Gasteiger partial charge < -0.3 is 49.0 Å². The second-order valence-electron chi connectivity index (χ2n) is 13.7. The number of ether oxygens (including phenoxy) is 5. The van der Waals surface area contributed by atoms with Crippen molar-refractivity contribution in [3.05, 3.63) is 36.5 Å². The van der Waals surface area contributed by atoms with Gasteiger partial charge in [-0.1, -0.05) is 52.0 Å². The van der Waals surface area contributed by atoms with E-state index in [9.17, 15) is 30.0 Å². The summed E-state index contributed by atoms with van der Waals surface area (Å²) < 4.78 is 29.8. The highest BCUT2D eigenvalue weighted by Gasteiger charge is 2.43. The van der Waals surface area contributed by atoms with E-state index < -0.39 is 67.2 Å². The normalized spacial score (nSPS) is 44.9. The van der Waals surface area contributed by atoms with Gasteiger partial charge in [-0.2, -0.15) is 0 Å². The first-order valence-electron chi connectivity index (χ1n) is 16.9. The monoisotopic (exact) mass is 667 g/mol. The van der Waals surface area contributed by atoms with Gasteiger partial charge in [0.1, 0.15) is 30.5 Å². The van der Waals surface area contributed by atoms with Crippen LogP contribution in [0.25, 0.3) is 0 Å². The lowest BCUT2D eigenvalue weighted by atomic mass is 9.84. The van der Waals surface area contributed by atoms with E-state index in [4.69, 9.17) is 23.7 Å². The first-order valence-corrected chi connectivity index (χ1v) is 16.9. The van der Waals surface area contributed by atoms with Crippen molar-refractivity contribution in [2.45, 2.75) is 128 Å². The third-order valence-electron chi connectivity index (χ3n) is 9.53. The second-order valence-corrected chi connectivity index (χ2v) is 13.7. The summed E-state index contributed by atoms with van der Waals surface area (Å²) in [6.45, 7) is 11.1. The van der Waals surface area contributed by atoms with E-state index in [0.717, 1.165) is 0 Å². The van der Waals surface area contributed by atoms with Crippen LogP contribution in [0.1, 0.15) is 60.8 Å². The molecule has 4 N–H and O–H groups in total. The minimum atomic E-state index is -1.47. The number of likely N-dealkylation sites (N-methyl/N-ethyl adjacent to an activating group) is 1. The van der Waals surface area contributed by atoms with Crippen LogP contribution >= 0.6 is 0 Å². The molecule has 3 aliphatic rings. The zero-order valence-electron chi connectivity index (χ0n) is 29.0. The molecule has 0 saturated carbocycles. The van der Waals surface area contributed by atoms with Crippen molar-refractivity contribution in [1.82, 2.24) is 4.90 Å². The highest BCUT2D eigenvalue weighted by atomic mass is 16.7. The molecular formula is C35H57NO11. The van der Waals surface area contributed by atoms with E-state index in [1.165, 1.54) is 12.2 Å². The number of nitrogens with zero attached hydrogens (tertiary/aromatic N) is 1. The Bertz CT molecular complexity index is 1100. The van der Waals surface area contributed by atoms with Crippen LogP contribution < -0.4 is 0 Å². The topological polar surface area (TPSA) is 164 Å². The molecule has 3 rings (SSSR count). The molecule has 9 unspecified atom stereocenters. The summed E-state index contributed by atoms with van der Waals surface area (Å²) in [6, 6.07) is -0.152. The van der Waals surface area contributed by atoms with Gasteiger partial charge in [-0.3, -0.25) is 4.79 Å². The van der Waals surface area contributed by atoms with Crippen LogP contribution in [0.3, 0.4) is 0 Å². The number of allylic oxidation sites excluding steroid dienone is 3. The van der Waals surface area contributed by atoms with E-state index in [2.05, 4.69) is 0 Å². The number of rotatable bonds is 7. The summed E-state index contributed by atoms with van der Waals surface area (Å²) in [5, 5.41) is 41.8. The molecule has 0 aromatic heterocycles. The van der Waals surface area contributed by atoms with Crippen LogP contribution in [0.4, 0.5) is 0 Å². The molecule has 2 saturated heterocycles. The third-order valence-corrected chi connectivity index (χ3v) is 9.53. The van der Waals surface area contributed by atoms with E-state index >= 15 is 0 Å². The Balaban J connectivity index is 1.84. The number of ketones is 1. The first-order chi connectivity index (χ1) is 22.1. The van der Waals surface area contributed by atoms with Crippen LogP contribution in [0.15, 0.2) is 36.5 Å². The van der Waals surface area contributed by atoms with E-state index in [0.29, 0.717) is 19.3 Å². The van der Waals surface area contributed by atoms with Crippen LogP contribution in [0, 0.1) is 23.7 Å². The van der Waals surface area contributed by atoms with Gasteiger partial charge in [-0.25, -0.2) is 4.79 Å². The molecule has 268 valence electrons. The average molecular weight is 668 g/mol. The molecule has 2 fully saturated rings. The quantitative estimate of drug-likeness (QED) is 0.293. The number of aliphatic hydroxyl groups excluding tert-OH is 4. The van der Waals surface area contributed by atoms with E-state index in [1.54, 1.807) is 31.2 Å². The summed E-state index contributed by atoms with van der Waals surface area (Å²) in [6.07, 6.45) is 2.12. The van der Waals surface area contributed by atoms with Gasteiger partial charge in [0, 0.05) is 29.9 Å². The summed E-state index contributed by atoms with van der Waals surface area (Å²) in [4.78, 5) is 28.2. The third kappa shape index (κ3) is 10.7. The van der Waals surface area contributed by atoms with Crippen molar-refractivity contribution in [2.75, 3.05) is 20.7 Å². The lowest BCUT2D eigenvalue weighted by molar-refractivity contribution is -0.295. The molecule has 0 aromatic carbocycles. The second kappa shape index (κ2) is 18.1. The van der Waals surface area contributed by atoms with Gasteiger partial charge in [0.25, 0.3) is 0 Å². The number of hydrogen-bond acceptors (Lipinski definition) is 12. The van der Waals surface area contributed by atoms with Crippen LogP contribution in [0.5, 0.6) is 0 Å². The van der Waals surface area contributed by atoms with E-state index in [1.807, 2.05) is 53.6 Å². The molecule has 15 atom stereocenters. The van der Waals surface area contributed by atoms with Crippen molar-refractivity contribution in [3.8, 4) is 0 Å². The molecular weight excluding hydrogens is 610 g/mol. The maximum atomic E-state index is 13.1. The maximum Gasteiger partial charge on any atom is 0.330 e. The highest BCUT2D eigenvalue weighted by Crippen LogP contribution is 2.31. The summed E-state index contributed by atoms with van der Waals surface area (Å²) in [7, 11) is 3.82. The van der Waals surface area contributed by atoms with Crippen molar-refractivity contribution >= 4 is 11.8 Å². The molecule has 0 bridgehead atoms. The smallest absolute Gasteiger partial charge is 0.330 e. The van der Waals surface area contributed by atoms with Gasteiger partial charge >= 0.3 is 5.97 Å². The number of hydrogen-bond donors (Lipinski definition) is 4. The fraction of sp³-hybridized carbons (Fsp3) is 0.771. The SMILES string of the molecule is CC[C@H]1OC(=O)/C=C/[C@H](C)[C@@H](OC2OC(C)CC(N(C)C)C2O)[C@@H](C)C[C@@H](C)C(=O)/C=C/C=C/[C@@H]1COC1OC(C)C(O)C(O)C1O. The Morgan fingerprint density at radius 3 is 2.21 bits per heavy atom. The van der Waals surface area contributed by atoms with Gasteiger partial charge in [0.2, 0.25) is 0 Å². The van der Waals surface area contributed by atoms with Gasteiger partial charge in [-0.15, -0.1) is 0 Å². The van der Waals surface area contributed by atoms with Crippen molar-refractivity contribution in [2.24, 2.45) is 23.7 Å².